The highest BCUT2D eigenvalue weighted by atomic mass is 32.2. The summed E-state index contributed by atoms with van der Waals surface area (Å²) in [6, 6.07) is 25.7. The maximum absolute atomic E-state index is 14.3. The van der Waals surface area contributed by atoms with Crippen molar-refractivity contribution in [3.63, 3.8) is 0 Å². The average molecular weight is 776 g/mol. The molecule has 13 heteroatoms. The van der Waals surface area contributed by atoms with Gasteiger partial charge in [0.1, 0.15) is 0 Å². The molecule has 2 aliphatic carbocycles. The molecule has 1 aromatic heterocycles. The zero-order valence-electron chi connectivity index (χ0n) is 30.0. The summed E-state index contributed by atoms with van der Waals surface area (Å²) < 4.78 is 17.2. The number of imide groups is 1. The highest BCUT2D eigenvalue weighted by molar-refractivity contribution is 8.00. The molecular weight excluding hydrogens is 739 g/mol. The second kappa shape index (κ2) is 14.0. The van der Waals surface area contributed by atoms with Crippen LogP contribution < -0.4 is 24.6 Å². The molecule has 9 rings (SSSR count). The van der Waals surface area contributed by atoms with E-state index in [0.29, 0.717) is 35.0 Å². The molecule has 0 radical (unpaired) electrons. The second-order valence-electron chi connectivity index (χ2n) is 14.2. The molecular formula is C42H37N3O8S2. The van der Waals surface area contributed by atoms with Gasteiger partial charge in [0.05, 0.1) is 41.3 Å². The molecule has 280 valence electrons. The number of nitrogens with zero attached hydrogens (tertiary/aromatic N) is 1. The standard InChI is InChI=1S/C42H37N3O8S2/c1-3-51-30-18-23(14-17-29(30)53-20-31(46)43-28-11-7-9-21-8-5-6-10-25(21)28)32-33-26-19-27(36(33)54-38-37(32)55-42(50)44-38)35-34(26)39(47)45(40(35)48)24-15-12-22(13-16-24)41(49)52-4-2/h5-18,26-27,32-36H,3-4,19-20H2,1-2H3,(H,43,46)(H,44,50)/t26?,27?,32-,33?,34?,35?,36?/m1/s1. The number of amides is 3. The Morgan fingerprint density at radius 1 is 0.855 bits per heavy atom. The number of H-pyrrole nitrogens is 1. The Morgan fingerprint density at radius 2 is 1.62 bits per heavy atom. The number of rotatable bonds is 10. The first-order valence-electron chi connectivity index (χ1n) is 18.5. The van der Waals surface area contributed by atoms with E-state index in [0.717, 1.165) is 32.7 Å². The lowest BCUT2D eigenvalue weighted by molar-refractivity contribution is -0.123. The number of hydrogen-bond acceptors (Lipinski definition) is 10. The Balaban J connectivity index is 0.991. The van der Waals surface area contributed by atoms with E-state index in [1.165, 1.54) is 16.2 Å². The Hall–Kier alpha value is -5.40. The summed E-state index contributed by atoms with van der Waals surface area (Å²) in [6.45, 7) is 3.98. The molecule has 1 saturated heterocycles. The van der Waals surface area contributed by atoms with Gasteiger partial charge in [0, 0.05) is 27.1 Å². The molecule has 4 aromatic carbocycles. The number of aromatic nitrogens is 1. The Bertz CT molecular complexity index is 2420. The molecule has 4 aliphatic rings. The third kappa shape index (κ3) is 5.91. The first kappa shape index (κ1) is 35.3. The van der Waals surface area contributed by atoms with Crippen LogP contribution in [0.15, 0.2) is 94.7 Å². The summed E-state index contributed by atoms with van der Waals surface area (Å²) in [5.74, 6) is -1.67. The van der Waals surface area contributed by atoms with Gasteiger partial charge in [0.2, 0.25) is 11.8 Å². The van der Waals surface area contributed by atoms with E-state index in [1.54, 1.807) is 49.0 Å². The maximum Gasteiger partial charge on any atom is 0.338 e. The van der Waals surface area contributed by atoms with Gasteiger partial charge in [-0.3, -0.25) is 24.1 Å². The largest absolute Gasteiger partial charge is 0.490 e. The van der Waals surface area contributed by atoms with Crippen molar-refractivity contribution in [3.8, 4) is 11.5 Å². The second-order valence-corrected chi connectivity index (χ2v) is 16.4. The molecule has 2 saturated carbocycles. The van der Waals surface area contributed by atoms with Crippen molar-refractivity contribution in [2.24, 2.45) is 29.6 Å². The zero-order valence-corrected chi connectivity index (χ0v) is 31.6. The van der Waals surface area contributed by atoms with E-state index in [1.807, 2.05) is 61.5 Å². The third-order valence-corrected chi connectivity index (χ3v) is 14.0. The Kier molecular flexibility index (Phi) is 9.01. The van der Waals surface area contributed by atoms with E-state index in [9.17, 15) is 24.0 Å². The van der Waals surface area contributed by atoms with Gasteiger partial charge in [0.25, 0.3) is 5.91 Å². The van der Waals surface area contributed by atoms with Gasteiger partial charge in [-0.2, -0.15) is 0 Å². The number of ether oxygens (including phenoxy) is 3. The Morgan fingerprint density at radius 3 is 2.40 bits per heavy atom. The number of thioether (sulfide) groups is 1. The van der Waals surface area contributed by atoms with Crippen molar-refractivity contribution in [2.75, 3.05) is 30.0 Å². The molecule has 3 amide bonds. The van der Waals surface area contributed by atoms with E-state index >= 15 is 0 Å². The topological polar surface area (TPSA) is 144 Å². The zero-order chi connectivity index (χ0) is 38.0. The number of esters is 1. The minimum absolute atomic E-state index is 0.00104. The fraction of sp³-hybridized carbons (Fsp3) is 0.310. The smallest absolute Gasteiger partial charge is 0.338 e. The van der Waals surface area contributed by atoms with Gasteiger partial charge in [-0.25, -0.2) is 4.79 Å². The molecule has 11 nitrogen and oxygen atoms in total. The van der Waals surface area contributed by atoms with Crippen molar-refractivity contribution in [2.45, 2.75) is 36.5 Å². The van der Waals surface area contributed by atoms with Crippen LogP contribution in [0.4, 0.5) is 11.4 Å². The number of anilines is 2. The van der Waals surface area contributed by atoms with Crippen molar-refractivity contribution in [3.05, 3.63) is 111 Å². The van der Waals surface area contributed by atoms with Crippen LogP contribution in [-0.2, 0) is 19.1 Å². The van der Waals surface area contributed by atoms with Gasteiger partial charge < -0.3 is 24.5 Å². The van der Waals surface area contributed by atoms with Crippen LogP contribution >= 0.6 is 23.1 Å². The number of carbonyl (C=O) groups excluding carboxylic acids is 4. The van der Waals surface area contributed by atoms with Gasteiger partial charge >= 0.3 is 10.8 Å². The number of nitrogens with one attached hydrogen (secondary N) is 2. The predicted octanol–water partition coefficient (Wildman–Crippen LogP) is 6.86. The molecule has 2 N–H and O–H groups in total. The van der Waals surface area contributed by atoms with Crippen molar-refractivity contribution >= 4 is 68.9 Å². The first-order chi connectivity index (χ1) is 26.7. The minimum atomic E-state index is -0.488. The highest BCUT2D eigenvalue weighted by Crippen LogP contribution is 2.69. The molecule has 3 fully saturated rings. The predicted molar refractivity (Wildman–Crippen MR) is 209 cm³/mol. The van der Waals surface area contributed by atoms with Crippen molar-refractivity contribution in [1.82, 2.24) is 4.98 Å². The monoisotopic (exact) mass is 775 g/mol. The van der Waals surface area contributed by atoms with Crippen LogP contribution in [0.5, 0.6) is 11.5 Å². The lowest BCUT2D eigenvalue weighted by Crippen LogP contribution is -2.42. The SMILES string of the molecule is CCOC(=O)c1ccc(N2C(=O)C3C4CC(C3C2=O)C2C4Sc3[nH]c(=O)sc3[C@@H]2c2ccc(OCC(=O)Nc3cccc4ccccc34)c(OCC)c2)cc1. The highest BCUT2D eigenvalue weighted by Gasteiger charge is 2.69. The van der Waals surface area contributed by atoms with Crippen molar-refractivity contribution in [1.29, 1.82) is 0 Å². The first-order valence-corrected chi connectivity index (χ1v) is 20.2. The van der Waals surface area contributed by atoms with E-state index in [2.05, 4.69) is 10.3 Å². The molecule has 3 heterocycles. The third-order valence-electron chi connectivity index (χ3n) is 11.4. The summed E-state index contributed by atoms with van der Waals surface area (Å²) in [5.41, 5.74) is 2.40. The average Bonchev–Trinajstić information content (AvgIpc) is 3.93. The summed E-state index contributed by atoms with van der Waals surface area (Å²) in [6.07, 6.45) is 0.742. The molecule has 2 bridgehead atoms. The van der Waals surface area contributed by atoms with E-state index in [-0.39, 0.29) is 64.7 Å². The van der Waals surface area contributed by atoms with Gasteiger partial charge in [-0.1, -0.05) is 53.8 Å². The van der Waals surface area contributed by atoms with Gasteiger partial charge in [-0.05, 0) is 91.4 Å². The molecule has 55 heavy (non-hydrogen) atoms. The number of fused-ring (bicyclic) bond motifs is 10. The van der Waals surface area contributed by atoms with E-state index in [4.69, 9.17) is 14.2 Å². The molecule has 6 unspecified atom stereocenters. The normalized spacial score (nSPS) is 24.7. The summed E-state index contributed by atoms with van der Waals surface area (Å²) in [7, 11) is 0. The summed E-state index contributed by atoms with van der Waals surface area (Å²) >= 11 is 2.80. The number of aromatic amines is 1. The van der Waals surface area contributed by atoms with Crippen LogP contribution in [0.1, 0.15) is 47.0 Å². The lowest BCUT2D eigenvalue weighted by atomic mass is 9.68. The number of hydrogen-bond donors (Lipinski definition) is 2. The van der Waals surface area contributed by atoms with Crippen LogP contribution in [-0.4, -0.2) is 53.7 Å². The fourth-order valence-electron chi connectivity index (χ4n) is 9.38. The maximum atomic E-state index is 14.3. The van der Waals surface area contributed by atoms with Crippen LogP contribution in [0.2, 0.25) is 0 Å². The number of carbonyl (C=O) groups is 4. The van der Waals surface area contributed by atoms with Crippen LogP contribution in [0.25, 0.3) is 10.8 Å². The quantitative estimate of drug-likeness (QED) is 0.115. The van der Waals surface area contributed by atoms with Crippen LogP contribution in [0, 0.1) is 29.6 Å². The minimum Gasteiger partial charge on any atom is -0.490 e. The number of thiazole rings is 1. The Labute approximate surface area is 324 Å². The molecule has 7 atom stereocenters. The van der Waals surface area contributed by atoms with E-state index < -0.39 is 17.8 Å². The van der Waals surface area contributed by atoms with Crippen LogP contribution in [0.3, 0.4) is 0 Å². The van der Waals surface area contributed by atoms with Gasteiger partial charge in [-0.15, -0.1) is 11.8 Å². The van der Waals surface area contributed by atoms with Gasteiger partial charge in [0.15, 0.2) is 18.1 Å². The molecule has 5 aromatic rings. The number of benzene rings is 4. The molecule has 0 spiro atoms. The lowest BCUT2D eigenvalue weighted by Gasteiger charge is -2.43. The summed E-state index contributed by atoms with van der Waals surface area (Å²) in [4.78, 5) is 71.6. The fourth-order valence-corrected chi connectivity index (χ4v) is 12.3. The molecule has 2 aliphatic heterocycles. The van der Waals surface area contributed by atoms with Crippen molar-refractivity contribution < 1.29 is 33.4 Å². The summed E-state index contributed by atoms with van der Waals surface area (Å²) in [5, 5.41) is 5.71.